The molecular formula is C69H113NO8P+. The Kier molecular flexibility index (Phi) is 55.1. The zero-order valence-electron chi connectivity index (χ0n) is 50.5. The van der Waals surface area contributed by atoms with Crippen molar-refractivity contribution in [3.05, 3.63) is 158 Å². The summed E-state index contributed by atoms with van der Waals surface area (Å²) in [6, 6.07) is 0. The van der Waals surface area contributed by atoms with Gasteiger partial charge < -0.3 is 18.9 Å². The number of likely N-dealkylation sites (N-methyl/N-ethyl adjacent to an activating group) is 1. The Morgan fingerprint density at radius 1 is 0.405 bits per heavy atom. The third kappa shape index (κ3) is 62.7. The number of nitrogens with zero attached hydrogens (tertiary/aromatic N) is 1. The maximum absolute atomic E-state index is 12.8. The van der Waals surface area contributed by atoms with Crippen LogP contribution in [0.1, 0.15) is 213 Å². The predicted octanol–water partition coefficient (Wildman–Crippen LogP) is 19.6. The molecule has 0 spiro atoms. The molecule has 0 saturated heterocycles. The second-order valence-electron chi connectivity index (χ2n) is 21.0. The van der Waals surface area contributed by atoms with E-state index in [2.05, 4.69) is 172 Å². The number of carbonyl (C=O) groups excluding carboxylic acids is 2. The quantitative estimate of drug-likeness (QED) is 0.0211. The van der Waals surface area contributed by atoms with Crippen LogP contribution in [-0.4, -0.2) is 74.9 Å². The molecule has 0 aliphatic carbocycles. The molecule has 0 heterocycles. The van der Waals surface area contributed by atoms with Gasteiger partial charge in [0, 0.05) is 12.8 Å². The molecule has 2 unspecified atom stereocenters. The minimum Gasteiger partial charge on any atom is -0.462 e. The van der Waals surface area contributed by atoms with Crippen molar-refractivity contribution in [3.63, 3.8) is 0 Å². The van der Waals surface area contributed by atoms with Gasteiger partial charge in [0.25, 0.3) is 0 Å². The first-order valence-corrected chi connectivity index (χ1v) is 32.2. The minimum absolute atomic E-state index is 0.0147. The van der Waals surface area contributed by atoms with Crippen molar-refractivity contribution in [1.82, 2.24) is 0 Å². The first-order chi connectivity index (χ1) is 38.5. The predicted molar refractivity (Wildman–Crippen MR) is 339 cm³/mol. The summed E-state index contributed by atoms with van der Waals surface area (Å²) >= 11 is 0. The van der Waals surface area contributed by atoms with Crippen molar-refractivity contribution in [2.24, 2.45) is 0 Å². The van der Waals surface area contributed by atoms with Gasteiger partial charge in [-0.2, -0.15) is 0 Å². The Morgan fingerprint density at radius 3 is 1.09 bits per heavy atom. The Bertz CT molecular complexity index is 1890. The van der Waals surface area contributed by atoms with E-state index in [0.717, 1.165) is 128 Å². The lowest BCUT2D eigenvalue weighted by atomic mass is 10.1. The van der Waals surface area contributed by atoms with E-state index in [0.29, 0.717) is 17.4 Å². The van der Waals surface area contributed by atoms with Gasteiger partial charge in [-0.1, -0.05) is 230 Å². The molecule has 0 aromatic heterocycles. The molecule has 2 atom stereocenters. The van der Waals surface area contributed by atoms with Gasteiger partial charge in [0.1, 0.15) is 19.8 Å². The molecule has 1 N–H and O–H groups in total. The van der Waals surface area contributed by atoms with Gasteiger partial charge >= 0.3 is 19.8 Å². The standard InChI is InChI=1S/C69H112NO8P/c1-6-8-10-12-14-16-18-20-22-24-26-27-28-29-30-31-32-33-34-35-36-37-38-39-40-41-42-43-44-46-48-50-52-54-56-58-60-62-69(72)78-67(66-77-79(73,74)76-64-63-70(3,4)5)65-75-68(71)61-59-57-55-53-51-49-47-45-25-23-21-19-17-15-13-11-9-7-2/h8,10,14,16-17,19-20,22-23,25-27,29-30,32-33,35-36,38-39,41-42,44,46,50,52,67H,6-7,9,11-13,15,18,21,24,28,31,34,37,40,43,45,47-49,51,53-66H2,1-5H3/p+1/b10-8-,16-14-,19-17-,22-20-,25-23-,27-26-,30-29-,33-32-,36-35-,39-38-,42-41-,46-44-,52-50-. The molecule has 10 heteroatoms. The third-order valence-corrected chi connectivity index (χ3v) is 13.3. The first-order valence-electron chi connectivity index (χ1n) is 30.7. The fourth-order valence-electron chi connectivity index (χ4n) is 7.58. The first kappa shape index (κ1) is 74.6. The summed E-state index contributed by atoms with van der Waals surface area (Å²) < 4.78 is 34.5. The van der Waals surface area contributed by atoms with Crippen molar-refractivity contribution in [3.8, 4) is 0 Å². The largest absolute Gasteiger partial charge is 0.472 e. The summed E-state index contributed by atoms with van der Waals surface area (Å²) in [5.41, 5.74) is 0. The van der Waals surface area contributed by atoms with Gasteiger partial charge in [0.15, 0.2) is 6.10 Å². The molecule has 0 aromatic rings. The number of carbonyl (C=O) groups is 2. The SMILES string of the molecule is CC/C=C\C/C=C\C/C=C\C/C=C\C/C=C\C/C=C\C/C=C\C/C=C\C/C=C\C/C=C\C/C=C\CCCCCC(=O)OC(COC(=O)CCCCCCCCC/C=C\C/C=C\CCCCCC)COP(=O)(O)OCC[N+](C)(C)C. The number of esters is 2. The summed E-state index contributed by atoms with van der Waals surface area (Å²) in [6.07, 6.45) is 87.5. The Hall–Kier alpha value is -4.37. The van der Waals surface area contributed by atoms with E-state index in [9.17, 15) is 19.0 Å². The summed E-state index contributed by atoms with van der Waals surface area (Å²) in [5, 5.41) is 0. The van der Waals surface area contributed by atoms with Crippen LogP contribution in [0.4, 0.5) is 0 Å². The molecule has 0 amide bonds. The summed E-state index contributed by atoms with van der Waals surface area (Å²) in [7, 11) is 1.43. The summed E-state index contributed by atoms with van der Waals surface area (Å²) in [4.78, 5) is 35.7. The Balaban J connectivity index is 4.26. The molecule has 0 saturated carbocycles. The average molecular weight is 1120 g/mol. The highest BCUT2D eigenvalue weighted by Gasteiger charge is 2.27. The number of hydrogen-bond donors (Lipinski definition) is 1. The van der Waals surface area contributed by atoms with Gasteiger partial charge in [-0.25, -0.2) is 4.57 Å². The van der Waals surface area contributed by atoms with Crippen LogP contribution >= 0.6 is 7.82 Å². The van der Waals surface area contributed by atoms with Crippen molar-refractivity contribution in [2.75, 3.05) is 47.5 Å². The molecule has 0 aromatic carbocycles. The topological polar surface area (TPSA) is 108 Å². The minimum atomic E-state index is -4.41. The van der Waals surface area contributed by atoms with Gasteiger partial charge in [0.05, 0.1) is 27.7 Å². The number of rotatable bonds is 54. The van der Waals surface area contributed by atoms with Gasteiger partial charge in [0.2, 0.25) is 0 Å². The van der Waals surface area contributed by atoms with Crippen LogP contribution in [-0.2, 0) is 32.7 Å². The van der Waals surface area contributed by atoms with Crippen LogP contribution in [0.2, 0.25) is 0 Å². The molecule has 79 heavy (non-hydrogen) atoms. The molecule has 0 fully saturated rings. The number of phosphoric acid groups is 1. The second-order valence-corrected chi connectivity index (χ2v) is 22.5. The number of quaternary nitrogens is 1. The van der Waals surface area contributed by atoms with Gasteiger partial charge in [-0.3, -0.25) is 18.6 Å². The second kappa shape index (κ2) is 58.3. The molecule has 0 radical (unpaired) electrons. The molecule has 0 rings (SSSR count). The van der Waals surface area contributed by atoms with Crippen molar-refractivity contribution >= 4 is 19.8 Å². The van der Waals surface area contributed by atoms with E-state index in [-0.39, 0.29) is 26.1 Å². The number of phosphoric ester groups is 1. The fraction of sp³-hybridized carbons (Fsp3) is 0.594. The van der Waals surface area contributed by atoms with E-state index in [1.54, 1.807) is 0 Å². The van der Waals surface area contributed by atoms with Crippen LogP contribution in [0.15, 0.2) is 158 Å². The highest BCUT2D eigenvalue weighted by atomic mass is 31.2. The molecular weight excluding hydrogens is 1000 g/mol. The van der Waals surface area contributed by atoms with Crippen LogP contribution in [0.25, 0.3) is 0 Å². The van der Waals surface area contributed by atoms with Crippen LogP contribution in [0, 0.1) is 0 Å². The van der Waals surface area contributed by atoms with Gasteiger partial charge in [-0.05, 0) is 128 Å². The summed E-state index contributed by atoms with van der Waals surface area (Å²) in [5.74, 6) is -0.857. The highest BCUT2D eigenvalue weighted by molar-refractivity contribution is 7.47. The van der Waals surface area contributed by atoms with Crippen molar-refractivity contribution < 1.29 is 42.1 Å². The zero-order valence-corrected chi connectivity index (χ0v) is 51.4. The summed E-state index contributed by atoms with van der Waals surface area (Å²) in [6.45, 7) is 4.23. The Morgan fingerprint density at radius 2 is 0.722 bits per heavy atom. The lowest BCUT2D eigenvalue weighted by molar-refractivity contribution is -0.870. The van der Waals surface area contributed by atoms with E-state index in [1.165, 1.54) is 51.4 Å². The normalized spacial score (nSPS) is 14.4. The van der Waals surface area contributed by atoms with Gasteiger partial charge in [-0.15, -0.1) is 0 Å². The van der Waals surface area contributed by atoms with Crippen molar-refractivity contribution in [2.45, 2.75) is 219 Å². The molecule has 0 aliphatic heterocycles. The third-order valence-electron chi connectivity index (χ3n) is 12.3. The monoisotopic (exact) mass is 1110 g/mol. The van der Waals surface area contributed by atoms with Crippen LogP contribution in [0.3, 0.4) is 0 Å². The fourth-order valence-corrected chi connectivity index (χ4v) is 8.32. The average Bonchev–Trinajstić information content (AvgIpc) is 3.41. The van der Waals surface area contributed by atoms with E-state index < -0.39 is 32.5 Å². The number of ether oxygens (including phenoxy) is 2. The maximum atomic E-state index is 12.8. The number of hydrogen-bond acceptors (Lipinski definition) is 7. The van der Waals surface area contributed by atoms with Crippen molar-refractivity contribution in [1.29, 1.82) is 0 Å². The number of allylic oxidation sites excluding steroid dienone is 26. The zero-order chi connectivity index (χ0) is 57.7. The molecule has 9 nitrogen and oxygen atoms in total. The van der Waals surface area contributed by atoms with Crippen LogP contribution < -0.4 is 0 Å². The lowest BCUT2D eigenvalue weighted by Gasteiger charge is -2.24. The van der Waals surface area contributed by atoms with E-state index in [4.69, 9.17) is 18.5 Å². The number of unbranched alkanes of at least 4 members (excludes halogenated alkanes) is 14. The van der Waals surface area contributed by atoms with E-state index >= 15 is 0 Å². The highest BCUT2D eigenvalue weighted by Crippen LogP contribution is 2.43. The Labute approximate surface area is 484 Å². The molecule has 0 bridgehead atoms. The maximum Gasteiger partial charge on any atom is 0.472 e. The van der Waals surface area contributed by atoms with E-state index in [1.807, 2.05) is 21.1 Å². The molecule has 446 valence electrons. The lowest BCUT2D eigenvalue weighted by Crippen LogP contribution is -2.37. The molecule has 0 aliphatic rings. The van der Waals surface area contributed by atoms with Crippen LogP contribution in [0.5, 0.6) is 0 Å². The smallest absolute Gasteiger partial charge is 0.462 e.